The van der Waals surface area contributed by atoms with Crippen LogP contribution in [0.4, 0.5) is 11.4 Å². The summed E-state index contributed by atoms with van der Waals surface area (Å²) < 4.78 is 0. The van der Waals surface area contributed by atoms with Gasteiger partial charge in [0, 0.05) is 31.0 Å². The lowest BCUT2D eigenvalue weighted by Crippen LogP contribution is -2.33. The molecule has 2 heteroatoms. The molecule has 1 N–H and O–H groups in total. The maximum absolute atomic E-state index is 3.53. The largest absolute Gasteiger partial charge is 0.383 e. The van der Waals surface area contributed by atoms with Crippen LogP contribution in [0.2, 0.25) is 0 Å². The second-order valence-corrected chi connectivity index (χ2v) is 5.16. The van der Waals surface area contributed by atoms with Gasteiger partial charge in [0.25, 0.3) is 0 Å². The number of hydrogen-bond donors (Lipinski definition) is 1. The predicted octanol–water partition coefficient (Wildman–Crippen LogP) is 3.47. The molecule has 0 aliphatic carbocycles. The first kappa shape index (κ1) is 12.1. The fourth-order valence-corrected chi connectivity index (χ4v) is 2.62. The summed E-state index contributed by atoms with van der Waals surface area (Å²) in [6.07, 6.45) is 1.09. The molecule has 98 valence electrons. The van der Waals surface area contributed by atoms with Gasteiger partial charge in [0.15, 0.2) is 0 Å². The van der Waals surface area contributed by atoms with Gasteiger partial charge >= 0.3 is 0 Å². The Balaban J connectivity index is 1.78. The number of anilines is 2. The van der Waals surface area contributed by atoms with Crippen molar-refractivity contribution in [2.45, 2.75) is 13.3 Å². The summed E-state index contributed by atoms with van der Waals surface area (Å²) in [5, 5.41) is 3.53. The maximum Gasteiger partial charge on any atom is 0.0374 e. The topological polar surface area (TPSA) is 15.3 Å². The number of hydrogen-bond acceptors (Lipinski definition) is 2. The van der Waals surface area contributed by atoms with Gasteiger partial charge in [-0.15, -0.1) is 0 Å². The monoisotopic (exact) mass is 252 g/mol. The molecular formula is C17H20N2. The molecule has 1 aliphatic heterocycles. The lowest BCUT2D eigenvalue weighted by atomic mass is 10.1. The number of benzene rings is 2. The molecule has 0 amide bonds. The summed E-state index contributed by atoms with van der Waals surface area (Å²) in [4.78, 5) is 2.46. The third kappa shape index (κ3) is 2.73. The Bertz CT molecular complexity index is 545. The average Bonchev–Trinajstić information content (AvgIpc) is 2.41. The van der Waals surface area contributed by atoms with Gasteiger partial charge in [-0.3, -0.25) is 0 Å². The molecule has 1 heterocycles. The summed E-state index contributed by atoms with van der Waals surface area (Å²) >= 11 is 0. The van der Waals surface area contributed by atoms with Crippen LogP contribution in [0.15, 0.2) is 48.5 Å². The third-order valence-electron chi connectivity index (χ3n) is 3.76. The van der Waals surface area contributed by atoms with Crippen LogP contribution in [0.25, 0.3) is 0 Å². The highest BCUT2D eigenvalue weighted by Gasteiger charge is 2.11. The Labute approximate surface area is 115 Å². The van der Waals surface area contributed by atoms with Crippen molar-refractivity contribution >= 4 is 11.4 Å². The van der Waals surface area contributed by atoms with E-state index >= 15 is 0 Å². The minimum Gasteiger partial charge on any atom is -0.383 e. The Kier molecular flexibility index (Phi) is 3.41. The van der Waals surface area contributed by atoms with E-state index in [4.69, 9.17) is 0 Å². The van der Waals surface area contributed by atoms with Crippen LogP contribution < -0.4 is 10.2 Å². The van der Waals surface area contributed by atoms with E-state index in [2.05, 4.69) is 65.7 Å². The van der Waals surface area contributed by atoms with Gasteiger partial charge in [-0.2, -0.15) is 0 Å². The number of nitrogens with zero attached hydrogens (tertiary/aromatic N) is 1. The second-order valence-electron chi connectivity index (χ2n) is 5.16. The highest BCUT2D eigenvalue weighted by Crippen LogP contribution is 2.21. The van der Waals surface area contributed by atoms with Gasteiger partial charge in [0.2, 0.25) is 0 Å². The lowest BCUT2D eigenvalue weighted by molar-refractivity contribution is 0.774. The molecule has 19 heavy (non-hydrogen) atoms. The van der Waals surface area contributed by atoms with Crippen molar-refractivity contribution in [3.63, 3.8) is 0 Å². The number of nitrogens with one attached hydrogen (secondary N) is 1. The van der Waals surface area contributed by atoms with E-state index in [9.17, 15) is 0 Å². The van der Waals surface area contributed by atoms with E-state index in [0.717, 1.165) is 26.1 Å². The van der Waals surface area contributed by atoms with Crippen molar-refractivity contribution in [2.75, 3.05) is 29.9 Å². The van der Waals surface area contributed by atoms with Gasteiger partial charge in [0.05, 0.1) is 0 Å². The first-order valence-corrected chi connectivity index (χ1v) is 6.96. The van der Waals surface area contributed by atoms with Crippen LogP contribution in [0.5, 0.6) is 0 Å². The van der Waals surface area contributed by atoms with Gasteiger partial charge in [-0.1, -0.05) is 35.9 Å². The van der Waals surface area contributed by atoms with Crippen molar-refractivity contribution in [3.05, 3.63) is 59.7 Å². The van der Waals surface area contributed by atoms with Crippen molar-refractivity contribution < 1.29 is 0 Å². The Morgan fingerprint density at radius 1 is 0.947 bits per heavy atom. The minimum atomic E-state index is 0.991. The van der Waals surface area contributed by atoms with E-state index in [0.29, 0.717) is 0 Å². The highest BCUT2D eigenvalue weighted by molar-refractivity contribution is 5.54. The van der Waals surface area contributed by atoms with Crippen molar-refractivity contribution in [3.8, 4) is 0 Å². The van der Waals surface area contributed by atoms with Gasteiger partial charge in [-0.25, -0.2) is 0 Å². The molecule has 2 aromatic carbocycles. The van der Waals surface area contributed by atoms with Crippen LogP contribution in [0.3, 0.4) is 0 Å². The standard InChI is InChI=1S/C17H20N2/c1-14-6-8-16(9-7-14)19-12-10-15-4-2-3-5-17(15)18-11-13-19/h2-9,18H,10-13H2,1H3. The molecule has 0 saturated heterocycles. The highest BCUT2D eigenvalue weighted by atomic mass is 15.1. The van der Waals surface area contributed by atoms with E-state index in [1.54, 1.807) is 0 Å². The molecule has 0 bridgehead atoms. The van der Waals surface area contributed by atoms with Crippen molar-refractivity contribution in [1.29, 1.82) is 0 Å². The fraction of sp³-hybridized carbons (Fsp3) is 0.294. The van der Waals surface area contributed by atoms with E-state index in [1.165, 1.54) is 22.5 Å². The van der Waals surface area contributed by atoms with Crippen molar-refractivity contribution in [2.24, 2.45) is 0 Å². The van der Waals surface area contributed by atoms with Gasteiger partial charge in [0.1, 0.15) is 0 Å². The van der Waals surface area contributed by atoms with Gasteiger partial charge < -0.3 is 10.2 Å². The molecule has 2 aromatic rings. The molecule has 0 spiro atoms. The molecule has 1 aliphatic rings. The number of rotatable bonds is 1. The zero-order valence-electron chi connectivity index (χ0n) is 11.4. The van der Waals surface area contributed by atoms with Gasteiger partial charge in [-0.05, 0) is 37.1 Å². The summed E-state index contributed by atoms with van der Waals surface area (Å²) in [5.41, 5.74) is 5.36. The molecule has 0 saturated carbocycles. The summed E-state index contributed by atoms with van der Waals surface area (Å²) in [6, 6.07) is 17.5. The molecule has 0 unspecified atom stereocenters. The first-order valence-electron chi connectivity index (χ1n) is 6.96. The summed E-state index contributed by atoms with van der Waals surface area (Å²) in [6.45, 7) is 5.26. The molecule has 0 radical (unpaired) electrons. The molecule has 0 fully saturated rings. The predicted molar refractivity (Wildman–Crippen MR) is 82.0 cm³/mol. The Morgan fingerprint density at radius 2 is 1.74 bits per heavy atom. The quantitative estimate of drug-likeness (QED) is 0.836. The summed E-state index contributed by atoms with van der Waals surface area (Å²) in [7, 11) is 0. The Morgan fingerprint density at radius 3 is 2.58 bits per heavy atom. The van der Waals surface area contributed by atoms with Crippen LogP contribution in [0.1, 0.15) is 11.1 Å². The van der Waals surface area contributed by atoms with E-state index < -0.39 is 0 Å². The normalized spacial score (nSPS) is 15.1. The number of aryl methyl sites for hydroxylation is 1. The van der Waals surface area contributed by atoms with E-state index in [1.807, 2.05) is 0 Å². The van der Waals surface area contributed by atoms with Crippen LogP contribution in [-0.2, 0) is 6.42 Å². The van der Waals surface area contributed by atoms with Crippen LogP contribution in [0, 0.1) is 6.92 Å². The van der Waals surface area contributed by atoms with Crippen LogP contribution in [-0.4, -0.2) is 19.6 Å². The Hall–Kier alpha value is -1.96. The first-order chi connectivity index (χ1) is 9.33. The minimum absolute atomic E-state index is 0.991. The third-order valence-corrected chi connectivity index (χ3v) is 3.76. The second kappa shape index (κ2) is 5.35. The number of fused-ring (bicyclic) bond motifs is 1. The smallest absolute Gasteiger partial charge is 0.0374 e. The maximum atomic E-state index is 3.53. The zero-order chi connectivity index (χ0) is 13.1. The summed E-state index contributed by atoms with van der Waals surface area (Å²) in [5.74, 6) is 0. The lowest BCUT2D eigenvalue weighted by Gasteiger charge is -2.28. The van der Waals surface area contributed by atoms with Crippen molar-refractivity contribution in [1.82, 2.24) is 0 Å². The number of para-hydroxylation sites is 1. The van der Waals surface area contributed by atoms with Crippen LogP contribution >= 0.6 is 0 Å². The molecule has 0 aromatic heterocycles. The average molecular weight is 252 g/mol. The molecule has 0 atom stereocenters. The van der Waals surface area contributed by atoms with E-state index in [-0.39, 0.29) is 0 Å². The molecule has 2 nitrogen and oxygen atoms in total. The zero-order valence-corrected chi connectivity index (χ0v) is 11.4. The molecule has 3 rings (SSSR count). The fourth-order valence-electron chi connectivity index (χ4n) is 2.62. The molecular weight excluding hydrogens is 232 g/mol. The SMILES string of the molecule is Cc1ccc(N2CCNc3ccccc3CC2)cc1.